The Labute approximate surface area is 97.5 Å². The van der Waals surface area contributed by atoms with Crippen LogP contribution in [0.4, 0.5) is 4.79 Å². The second-order valence-electron chi connectivity index (χ2n) is 4.78. The zero-order chi connectivity index (χ0) is 12.2. The van der Waals surface area contributed by atoms with E-state index in [0.29, 0.717) is 0 Å². The van der Waals surface area contributed by atoms with Crippen molar-refractivity contribution in [2.45, 2.75) is 50.3 Å². The Bertz CT molecular complexity index is 342. The minimum atomic E-state index is -0.902. The summed E-state index contributed by atoms with van der Waals surface area (Å²) in [6, 6.07) is 0. The van der Waals surface area contributed by atoms with Crippen LogP contribution in [0.2, 0.25) is 0 Å². The molecule has 7 nitrogen and oxygen atoms in total. The van der Waals surface area contributed by atoms with Crippen molar-refractivity contribution in [2.24, 2.45) is 0 Å². The third-order valence-corrected chi connectivity index (χ3v) is 3.03. The summed E-state index contributed by atoms with van der Waals surface area (Å²) in [6.07, 6.45) is -4.13. The lowest BCUT2D eigenvalue weighted by Crippen LogP contribution is -2.41. The van der Waals surface area contributed by atoms with Crippen LogP contribution >= 0.6 is 0 Å². The van der Waals surface area contributed by atoms with E-state index in [1.807, 2.05) is 0 Å². The fraction of sp³-hybridized carbons (Fsp3) is 0.900. The minimum Gasteiger partial charge on any atom is -0.430 e. The number of aliphatic hydroxyl groups excluding tert-OH is 1. The van der Waals surface area contributed by atoms with Gasteiger partial charge in [-0.2, -0.15) is 0 Å². The molecule has 17 heavy (non-hydrogen) atoms. The normalized spacial score (nSPS) is 47.7. The Kier molecular flexibility index (Phi) is 2.34. The van der Waals surface area contributed by atoms with E-state index >= 15 is 0 Å². The number of rotatable bonds is 1. The van der Waals surface area contributed by atoms with Gasteiger partial charge in [-0.15, -0.1) is 0 Å². The lowest BCUT2D eigenvalue weighted by molar-refractivity contribution is -0.223. The van der Waals surface area contributed by atoms with E-state index in [1.165, 1.54) is 0 Å². The standard InChI is InChI=1S/C10H14O7/c1-10(2)16-7-5(11)6(15-8(7)17-10)4-3-13-9(12)14-4/h4-8,11H,3H2,1-2H3. The van der Waals surface area contributed by atoms with E-state index in [1.54, 1.807) is 13.8 Å². The summed E-state index contributed by atoms with van der Waals surface area (Å²) in [5, 5.41) is 10.1. The quantitative estimate of drug-likeness (QED) is 0.639. The fourth-order valence-corrected chi connectivity index (χ4v) is 2.33. The van der Waals surface area contributed by atoms with Crippen molar-refractivity contribution in [2.75, 3.05) is 6.61 Å². The molecule has 7 heteroatoms. The summed E-state index contributed by atoms with van der Waals surface area (Å²) in [7, 11) is 0. The Hall–Kier alpha value is -0.890. The largest absolute Gasteiger partial charge is 0.508 e. The highest BCUT2D eigenvalue weighted by Crippen LogP contribution is 2.39. The molecule has 5 unspecified atom stereocenters. The summed E-state index contributed by atoms with van der Waals surface area (Å²) in [6.45, 7) is 3.56. The molecule has 3 saturated heterocycles. The van der Waals surface area contributed by atoms with Crippen LogP contribution in [0.5, 0.6) is 0 Å². The number of aliphatic hydroxyl groups is 1. The van der Waals surface area contributed by atoms with Crippen LogP contribution in [0, 0.1) is 0 Å². The van der Waals surface area contributed by atoms with Crippen molar-refractivity contribution < 1.29 is 33.6 Å². The van der Waals surface area contributed by atoms with Gasteiger partial charge in [-0.1, -0.05) is 0 Å². The maximum absolute atomic E-state index is 10.8. The average molecular weight is 246 g/mol. The molecule has 1 N–H and O–H groups in total. The molecular formula is C10H14O7. The first kappa shape index (κ1) is 11.2. The molecule has 3 aliphatic rings. The van der Waals surface area contributed by atoms with Crippen LogP contribution in [0.25, 0.3) is 0 Å². The maximum atomic E-state index is 10.8. The maximum Gasteiger partial charge on any atom is 0.508 e. The van der Waals surface area contributed by atoms with E-state index in [9.17, 15) is 9.90 Å². The molecule has 5 atom stereocenters. The van der Waals surface area contributed by atoms with Gasteiger partial charge in [-0.05, 0) is 13.8 Å². The van der Waals surface area contributed by atoms with Crippen LogP contribution in [-0.2, 0) is 23.7 Å². The van der Waals surface area contributed by atoms with E-state index in [2.05, 4.69) is 4.74 Å². The Morgan fingerprint density at radius 3 is 2.65 bits per heavy atom. The molecule has 3 aliphatic heterocycles. The molecule has 0 amide bonds. The van der Waals surface area contributed by atoms with Gasteiger partial charge in [-0.3, -0.25) is 0 Å². The topological polar surface area (TPSA) is 83.5 Å². The molecule has 0 aliphatic carbocycles. The first-order chi connectivity index (χ1) is 7.96. The van der Waals surface area contributed by atoms with Crippen LogP contribution in [0.1, 0.15) is 13.8 Å². The Morgan fingerprint density at radius 1 is 1.29 bits per heavy atom. The SMILES string of the molecule is CC1(C)OC2OC(C3COC(=O)O3)C(O)C2O1. The van der Waals surface area contributed by atoms with Gasteiger partial charge in [0.2, 0.25) is 0 Å². The number of cyclic esters (lactones) is 2. The molecule has 3 fully saturated rings. The zero-order valence-corrected chi connectivity index (χ0v) is 9.49. The molecule has 0 aromatic heterocycles. The lowest BCUT2D eigenvalue weighted by Gasteiger charge is -2.24. The molecule has 3 heterocycles. The number of ether oxygens (including phenoxy) is 5. The molecule has 0 bridgehead atoms. The van der Waals surface area contributed by atoms with E-state index in [0.717, 1.165) is 0 Å². The number of hydrogen-bond donors (Lipinski definition) is 1. The second-order valence-corrected chi connectivity index (χ2v) is 4.78. The van der Waals surface area contributed by atoms with Crippen LogP contribution < -0.4 is 0 Å². The molecule has 0 spiro atoms. The molecule has 0 radical (unpaired) electrons. The van der Waals surface area contributed by atoms with Crippen LogP contribution in [0.15, 0.2) is 0 Å². The van der Waals surface area contributed by atoms with Gasteiger partial charge in [0.15, 0.2) is 18.2 Å². The van der Waals surface area contributed by atoms with Gasteiger partial charge < -0.3 is 28.8 Å². The molecule has 96 valence electrons. The Morgan fingerprint density at radius 2 is 2.06 bits per heavy atom. The highest BCUT2D eigenvalue weighted by Gasteiger charge is 2.57. The van der Waals surface area contributed by atoms with Crippen molar-refractivity contribution >= 4 is 6.16 Å². The van der Waals surface area contributed by atoms with Gasteiger partial charge in [-0.25, -0.2) is 4.79 Å². The van der Waals surface area contributed by atoms with Gasteiger partial charge in [0.05, 0.1) is 0 Å². The van der Waals surface area contributed by atoms with E-state index in [-0.39, 0.29) is 6.61 Å². The zero-order valence-electron chi connectivity index (χ0n) is 9.49. The van der Waals surface area contributed by atoms with Gasteiger partial charge >= 0.3 is 6.16 Å². The van der Waals surface area contributed by atoms with Crippen molar-refractivity contribution in [1.29, 1.82) is 0 Å². The van der Waals surface area contributed by atoms with Gasteiger partial charge in [0, 0.05) is 0 Å². The highest BCUT2D eigenvalue weighted by molar-refractivity contribution is 5.62. The smallest absolute Gasteiger partial charge is 0.430 e. The number of carbonyl (C=O) groups excluding carboxylic acids is 1. The molecular weight excluding hydrogens is 232 g/mol. The van der Waals surface area contributed by atoms with E-state index in [4.69, 9.17) is 18.9 Å². The van der Waals surface area contributed by atoms with Crippen molar-refractivity contribution in [3.8, 4) is 0 Å². The van der Waals surface area contributed by atoms with E-state index < -0.39 is 42.6 Å². The van der Waals surface area contributed by atoms with Crippen molar-refractivity contribution in [3.63, 3.8) is 0 Å². The summed E-state index contributed by atoms with van der Waals surface area (Å²) >= 11 is 0. The van der Waals surface area contributed by atoms with Crippen LogP contribution in [-0.4, -0.2) is 54.4 Å². The summed E-state index contributed by atoms with van der Waals surface area (Å²) in [5.74, 6) is -0.774. The predicted molar refractivity (Wildman–Crippen MR) is 50.9 cm³/mol. The predicted octanol–water partition coefficient (Wildman–Crippen LogP) is -0.241. The lowest BCUT2D eigenvalue weighted by atomic mass is 10.1. The van der Waals surface area contributed by atoms with Gasteiger partial charge in [0.1, 0.15) is 24.9 Å². The first-order valence-electron chi connectivity index (χ1n) is 5.49. The van der Waals surface area contributed by atoms with Crippen molar-refractivity contribution in [1.82, 2.24) is 0 Å². The summed E-state index contributed by atoms with van der Waals surface area (Å²) in [5.41, 5.74) is 0. The number of hydrogen-bond acceptors (Lipinski definition) is 7. The first-order valence-corrected chi connectivity index (χ1v) is 5.49. The van der Waals surface area contributed by atoms with Crippen molar-refractivity contribution in [3.05, 3.63) is 0 Å². The molecule has 0 saturated carbocycles. The molecule has 0 aromatic carbocycles. The Balaban J connectivity index is 1.70. The fourth-order valence-electron chi connectivity index (χ4n) is 2.33. The summed E-state index contributed by atoms with van der Waals surface area (Å²) < 4.78 is 26.0. The average Bonchev–Trinajstić information content (AvgIpc) is 2.83. The number of fused-ring (bicyclic) bond motifs is 1. The monoisotopic (exact) mass is 246 g/mol. The number of carbonyl (C=O) groups is 1. The third kappa shape index (κ3) is 1.79. The van der Waals surface area contributed by atoms with Crippen LogP contribution in [0.3, 0.4) is 0 Å². The van der Waals surface area contributed by atoms with Gasteiger partial charge in [0.25, 0.3) is 0 Å². The minimum absolute atomic E-state index is 0.0728. The molecule has 0 aromatic rings. The second kappa shape index (κ2) is 3.55. The molecule has 3 rings (SSSR count). The highest BCUT2D eigenvalue weighted by atomic mass is 16.8. The summed E-state index contributed by atoms with van der Waals surface area (Å²) in [4.78, 5) is 10.8. The third-order valence-electron chi connectivity index (χ3n) is 3.03.